The smallest absolute Gasteiger partial charge is 0.168 e. The summed E-state index contributed by atoms with van der Waals surface area (Å²) in [7, 11) is 1.83. The van der Waals surface area contributed by atoms with Crippen molar-refractivity contribution in [2.45, 2.75) is 27.4 Å². The van der Waals surface area contributed by atoms with E-state index >= 15 is 0 Å². The van der Waals surface area contributed by atoms with E-state index in [1.165, 1.54) is 0 Å². The number of hydrogen-bond donors (Lipinski definition) is 1. The van der Waals surface area contributed by atoms with Gasteiger partial charge in [-0.3, -0.25) is 0 Å². The minimum Gasteiger partial charge on any atom is -0.485 e. The lowest BCUT2D eigenvalue weighted by molar-refractivity contribution is 0.291. The first-order valence-electron chi connectivity index (χ1n) is 6.41. The maximum absolute atomic E-state index is 6.01. The molecule has 1 aromatic carbocycles. The fourth-order valence-corrected chi connectivity index (χ4v) is 2.41. The van der Waals surface area contributed by atoms with Crippen LogP contribution in [0.15, 0.2) is 18.2 Å². The standard InChI is InChI=1S/C15H18ClN3O/c1-9-5-12(16)6-10(2)15(9)20-8-14-18-11(3)7-13(17-4)19-14/h5-7H,8H2,1-4H3,(H,17,18,19). The van der Waals surface area contributed by atoms with Crippen molar-refractivity contribution in [3.8, 4) is 5.75 Å². The third-order valence-corrected chi connectivity index (χ3v) is 3.15. The summed E-state index contributed by atoms with van der Waals surface area (Å²) in [5, 5.41) is 3.73. The quantitative estimate of drug-likeness (QED) is 0.933. The molecule has 0 amide bonds. The van der Waals surface area contributed by atoms with E-state index in [-0.39, 0.29) is 0 Å². The van der Waals surface area contributed by atoms with Crippen LogP contribution in [-0.2, 0) is 6.61 Å². The molecule has 20 heavy (non-hydrogen) atoms. The fraction of sp³-hybridized carbons (Fsp3) is 0.333. The highest BCUT2D eigenvalue weighted by Gasteiger charge is 2.08. The van der Waals surface area contributed by atoms with Gasteiger partial charge in [0.15, 0.2) is 5.82 Å². The SMILES string of the molecule is CNc1cc(C)nc(COc2c(C)cc(Cl)cc2C)n1. The molecule has 5 heteroatoms. The largest absolute Gasteiger partial charge is 0.485 e. The Morgan fingerprint density at radius 1 is 1.10 bits per heavy atom. The molecule has 0 radical (unpaired) electrons. The van der Waals surface area contributed by atoms with Crippen LogP contribution in [0.5, 0.6) is 5.75 Å². The maximum Gasteiger partial charge on any atom is 0.168 e. The molecule has 0 unspecified atom stereocenters. The number of aryl methyl sites for hydroxylation is 3. The van der Waals surface area contributed by atoms with Gasteiger partial charge in [-0.05, 0) is 44.0 Å². The second-order valence-electron chi connectivity index (χ2n) is 4.72. The van der Waals surface area contributed by atoms with Gasteiger partial charge >= 0.3 is 0 Å². The van der Waals surface area contributed by atoms with E-state index in [0.717, 1.165) is 33.4 Å². The van der Waals surface area contributed by atoms with Crippen molar-refractivity contribution in [1.82, 2.24) is 9.97 Å². The minimum absolute atomic E-state index is 0.333. The highest BCUT2D eigenvalue weighted by molar-refractivity contribution is 6.30. The molecule has 2 rings (SSSR count). The number of halogens is 1. The first kappa shape index (κ1) is 14.6. The van der Waals surface area contributed by atoms with Crippen molar-refractivity contribution in [3.05, 3.63) is 45.9 Å². The van der Waals surface area contributed by atoms with E-state index in [2.05, 4.69) is 15.3 Å². The first-order chi connectivity index (χ1) is 9.49. The third kappa shape index (κ3) is 3.39. The molecule has 2 aromatic rings. The second kappa shape index (κ2) is 6.09. The van der Waals surface area contributed by atoms with Crippen LogP contribution >= 0.6 is 11.6 Å². The number of rotatable bonds is 4. The fourth-order valence-electron chi connectivity index (χ4n) is 2.08. The number of ether oxygens (including phenoxy) is 1. The molecule has 0 spiro atoms. The maximum atomic E-state index is 6.01. The highest BCUT2D eigenvalue weighted by atomic mass is 35.5. The Balaban J connectivity index is 2.19. The summed E-state index contributed by atoms with van der Waals surface area (Å²) in [6.07, 6.45) is 0. The molecule has 0 saturated heterocycles. The van der Waals surface area contributed by atoms with E-state index in [9.17, 15) is 0 Å². The lowest BCUT2D eigenvalue weighted by atomic mass is 10.1. The molecule has 1 heterocycles. The van der Waals surface area contributed by atoms with Crippen LogP contribution < -0.4 is 10.1 Å². The summed E-state index contributed by atoms with van der Waals surface area (Å²) in [5.74, 6) is 2.29. The molecule has 0 aliphatic rings. The summed E-state index contributed by atoms with van der Waals surface area (Å²) in [6.45, 7) is 6.22. The Bertz CT molecular complexity index is 606. The molecule has 0 aliphatic carbocycles. The zero-order chi connectivity index (χ0) is 14.7. The van der Waals surface area contributed by atoms with E-state index in [0.29, 0.717) is 12.4 Å². The number of benzene rings is 1. The van der Waals surface area contributed by atoms with E-state index in [1.54, 1.807) is 0 Å². The van der Waals surface area contributed by atoms with Crippen LogP contribution in [0.4, 0.5) is 5.82 Å². The summed E-state index contributed by atoms with van der Waals surface area (Å²) < 4.78 is 5.85. The number of nitrogens with one attached hydrogen (secondary N) is 1. The highest BCUT2D eigenvalue weighted by Crippen LogP contribution is 2.27. The normalized spacial score (nSPS) is 10.4. The predicted octanol–water partition coefficient (Wildman–Crippen LogP) is 3.68. The third-order valence-electron chi connectivity index (χ3n) is 2.93. The topological polar surface area (TPSA) is 47.0 Å². The molecular formula is C15H18ClN3O. The van der Waals surface area contributed by atoms with Gasteiger partial charge in [0, 0.05) is 23.8 Å². The van der Waals surface area contributed by atoms with Gasteiger partial charge in [-0.2, -0.15) is 0 Å². The average molecular weight is 292 g/mol. The van der Waals surface area contributed by atoms with Gasteiger partial charge in [0.2, 0.25) is 0 Å². The lowest BCUT2D eigenvalue weighted by Gasteiger charge is -2.12. The zero-order valence-electron chi connectivity index (χ0n) is 12.1. The van der Waals surface area contributed by atoms with E-state index in [1.807, 2.05) is 46.0 Å². The van der Waals surface area contributed by atoms with E-state index < -0.39 is 0 Å². The summed E-state index contributed by atoms with van der Waals surface area (Å²) in [6, 6.07) is 5.67. The van der Waals surface area contributed by atoms with Crippen LogP contribution in [-0.4, -0.2) is 17.0 Å². The van der Waals surface area contributed by atoms with Crippen LogP contribution in [0.1, 0.15) is 22.6 Å². The Morgan fingerprint density at radius 2 is 1.75 bits per heavy atom. The molecule has 4 nitrogen and oxygen atoms in total. The van der Waals surface area contributed by atoms with Crippen LogP contribution in [0, 0.1) is 20.8 Å². The van der Waals surface area contributed by atoms with Gasteiger partial charge in [0.1, 0.15) is 18.2 Å². The molecular weight excluding hydrogens is 274 g/mol. The van der Waals surface area contributed by atoms with Gasteiger partial charge in [0.05, 0.1) is 0 Å². The Labute approximate surface area is 124 Å². The second-order valence-corrected chi connectivity index (χ2v) is 5.15. The summed E-state index contributed by atoms with van der Waals surface area (Å²) >= 11 is 6.01. The molecule has 106 valence electrons. The number of nitrogens with zero attached hydrogens (tertiary/aromatic N) is 2. The molecule has 1 N–H and O–H groups in total. The molecule has 0 fully saturated rings. The Kier molecular flexibility index (Phi) is 4.45. The van der Waals surface area contributed by atoms with Crippen molar-refractivity contribution in [2.24, 2.45) is 0 Å². The van der Waals surface area contributed by atoms with Crippen molar-refractivity contribution < 1.29 is 4.74 Å². The number of anilines is 1. The Morgan fingerprint density at radius 3 is 2.35 bits per heavy atom. The number of aromatic nitrogens is 2. The van der Waals surface area contributed by atoms with Gasteiger partial charge in [-0.25, -0.2) is 9.97 Å². The lowest BCUT2D eigenvalue weighted by Crippen LogP contribution is -2.06. The van der Waals surface area contributed by atoms with Gasteiger partial charge < -0.3 is 10.1 Å². The number of hydrogen-bond acceptors (Lipinski definition) is 4. The van der Waals surface area contributed by atoms with Crippen LogP contribution in [0.3, 0.4) is 0 Å². The summed E-state index contributed by atoms with van der Waals surface area (Å²) in [4.78, 5) is 8.74. The molecule has 1 aromatic heterocycles. The van der Waals surface area contributed by atoms with Crippen molar-refractivity contribution in [3.63, 3.8) is 0 Å². The predicted molar refractivity (Wildman–Crippen MR) is 81.6 cm³/mol. The summed E-state index contributed by atoms with van der Waals surface area (Å²) in [5.41, 5.74) is 2.93. The van der Waals surface area contributed by atoms with Crippen molar-refractivity contribution >= 4 is 17.4 Å². The van der Waals surface area contributed by atoms with Gasteiger partial charge in [0.25, 0.3) is 0 Å². The molecule has 0 saturated carbocycles. The van der Waals surface area contributed by atoms with Crippen molar-refractivity contribution in [2.75, 3.05) is 12.4 Å². The monoisotopic (exact) mass is 291 g/mol. The first-order valence-corrected chi connectivity index (χ1v) is 6.79. The average Bonchev–Trinajstić information content (AvgIpc) is 2.36. The van der Waals surface area contributed by atoms with E-state index in [4.69, 9.17) is 16.3 Å². The van der Waals surface area contributed by atoms with Gasteiger partial charge in [-0.1, -0.05) is 11.6 Å². The van der Waals surface area contributed by atoms with Crippen molar-refractivity contribution in [1.29, 1.82) is 0 Å². The molecule has 0 bridgehead atoms. The van der Waals surface area contributed by atoms with Gasteiger partial charge in [-0.15, -0.1) is 0 Å². The Hall–Kier alpha value is -1.81. The minimum atomic E-state index is 0.333. The molecule has 0 aliphatic heterocycles. The zero-order valence-corrected chi connectivity index (χ0v) is 12.9. The van der Waals surface area contributed by atoms with Crippen LogP contribution in [0.2, 0.25) is 5.02 Å². The van der Waals surface area contributed by atoms with Crippen LogP contribution in [0.25, 0.3) is 0 Å². The molecule has 0 atom stereocenters.